The Balaban J connectivity index is 1.60. The number of carbonyl (C=O) groups excluding carboxylic acids is 2. The Morgan fingerprint density at radius 3 is 2.47 bits per heavy atom. The number of carbonyl (C=O) groups is 2. The minimum Gasteiger partial charge on any atom is -0.497 e. The van der Waals surface area contributed by atoms with E-state index in [1.807, 2.05) is 54.6 Å². The molecule has 0 spiro atoms. The van der Waals surface area contributed by atoms with Crippen molar-refractivity contribution in [1.82, 2.24) is 20.0 Å². The fourth-order valence-electron chi connectivity index (χ4n) is 3.84. The predicted octanol–water partition coefficient (Wildman–Crippen LogP) is 3.51. The van der Waals surface area contributed by atoms with Crippen LogP contribution in [0.25, 0.3) is 16.9 Å². The lowest BCUT2D eigenvalue weighted by Crippen LogP contribution is -2.46. The summed E-state index contributed by atoms with van der Waals surface area (Å²) >= 11 is 0. The molecule has 0 unspecified atom stereocenters. The van der Waals surface area contributed by atoms with Gasteiger partial charge in [-0.05, 0) is 37.1 Å². The molecule has 1 aromatic heterocycles. The fourth-order valence-corrected chi connectivity index (χ4v) is 3.84. The molecule has 0 saturated carbocycles. The van der Waals surface area contributed by atoms with Gasteiger partial charge < -0.3 is 19.7 Å². The van der Waals surface area contributed by atoms with Crippen LogP contribution in [0.5, 0.6) is 5.75 Å². The standard InChI is InChI=1S/C24H26N4O4/c1-31-20-10-6-7-17(15-20)22-21(16-28(26-22)19-8-4-3-5-9-19)23(29)25-18-11-13-27(14-12-18)24(30)32-2/h3-10,15-16,18H,11-14H2,1-2H3,(H,25,29). The number of methoxy groups -OCH3 is 2. The first kappa shape index (κ1) is 21.4. The van der Waals surface area contributed by atoms with Crippen LogP contribution < -0.4 is 10.1 Å². The van der Waals surface area contributed by atoms with Crippen molar-refractivity contribution >= 4 is 12.0 Å². The van der Waals surface area contributed by atoms with Crippen LogP contribution in [-0.4, -0.2) is 60.0 Å². The van der Waals surface area contributed by atoms with Gasteiger partial charge in [-0.25, -0.2) is 9.48 Å². The van der Waals surface area contributed by atoms with Crippen molar-refractivity contribution < 1.29 is 19.1 Å². The molecule has 0 atom stereocenters. The second kappa shape index (κ2) is 9.55. The molecule has 3 aromatic rings. The zero-order valence-corrected chi connectivity index (χ0v) is 18.2. The Bertz CT molecular complexity index is 1090. The molecule has 0 aliphatic carbocycles. The van der Waals surface area contributed by atoms with Crippen LogP contribution in [-0.2, 0) is 4.74 Å². The fraction of sp³-hybridized carbons (Fsp3) is 0.292. The van der Waals surface area contributed by atoms with Crippen molar-refractivity contribution in [2.45, 2.75) is 18.9 Å². The summed E-state index contributed by atoms with van der Waals surface area (Å²) in [5, 5.41) is 7.83. The molecule has 1 aliphatic heterocycles. The second-order valence-corrected chi connectivity index (χ2v) is 7.61. The lowest BCUT2D eigenvalue weighted by Gasteiger charge is -2.31. The van der Waals surface area contributed by atoms with Gasteiger partial charge in [0.1, 0.15) is 11.4 Å². The first-order valence-electron chi connectivity index (χ1n) is 10.5. The summed E-state index contributed by atoms with van der Waals surface area (Å²) in [6, 6.07) is 17.1. The number of nitrogens with zero attached hydrogens (tertiary/aromatic N) is 3. The molecule has 32 heavy (non-hydrogen) atoms. The molecule has 166 valence electrons. The second-order valence-electron chi connectivity index (χ2n) is 7.61. The third kappa shape index (κ3) is 4.59. The monoisotopic (exact) mass is 434 g/mol. The minimum absolute atomic E-state index is 0.0263. The number of piperidine rings is 1. The van der Waals surface area contributed by atoms with E-state index in [1.54, 1.807) is 22.9 Å². The number of amides is 2. The van der Waals surface area contributed by atoms with Gasteiger partial charge in [-0.3, -0.25) is 4.79 Å². The normalized spacial score (nSPS) is 14.1. The highest BCUT2D eigenvalue weighted by atomic mass is 16.5. The lowest BCUT2D eigenvalue weighted by atomic mass is 10.0. The summed E-state index contributed by atoms with van der Waals surface area (Å²) in [7, 11) is 2.98. The highest BCUT2D eigenvalue weighted by Gasteiger charge is 2.26. The largest absolute Gasteiger partial charge is 0.497 e. The van der Waals surface area contributed by atoms with Gasteiger partial charge in [-0.15, -0.1) is 0 Å². The molecule has 0 radical (unpaired) electrons. The molecular formula is C24H26N4O4. The quantitative estimate of drug-likeness (QED) is 0.664. The molecule has 1 aliphatic rings. The molecule has 4 rings (SSSR count). The average molecular weight is 434 g/mol. The number of benzene rings is 2. The van der Waals surface area contributed by atoms with Crippen molar-refractivity contribution in [2.75, 3.05) is 27.3 Å². The molecule has 1 N–H and O–H groups in total. The van der Waals surface area contributed by atoms with Crippen LogP contribution in [0.1, 0.15) is 23.2 Å². The molecule has 2 amide bonds. The molecule has 2 heterocycles. The third-order valence-electron chi connectivity index (χ3n) is 5.59. The highest BCUT2D eigenvalue weighted by Crippen LogP contribution is 2.27. The lowest BCUT2D eigenvalue weighted by molar-refractivity contribution is 0.0893. The number of para-hydroxylation sites is 1. The number of ether oxygens (including phenoxy) is 2. The van der Waals surface area contributed by atoms with Gasteiger partial charge >= 0.3 is 6.09 Å². The Hall–Kier alpha value is -3.81. The van der Waals surface area contributed by atoms with E-state index in [9.17, 15) is 9.59 Å². The van der Waals surface area contributed by atoms with Crippen molar-refractivity contribution in [2.24, 2.45) is 0 Å². The number of nitrogens with one attached hydrogen (secondary N) is 1. The molecule has 8 heteroatoms. The average Bonchev–Trinajstić information content (AvgIpc) is 3.30. The van der Waals surface area contributed by atoms with Crippen molar-refractivity contribution in [3.8, 4) is 22.7 Å². The predicted molar refractivity (Wildman–Crippen MR) is 120 cm³/mol. The molecule has 8 nitrogen and oxygen atoms in total. The van der Waals surface area contributed by atoms with Crippen LogP contribution in [0.2, 0.25) is 0 Å². The highest BCUT2D eigenvalue weighted by molar-refractivity contribution is 6.00. The molecule has 2 aromatic carbocycles. The Labute approximate surface area is 186 Å². The van der Waals surface area contributed by atoms with E-state index in [-0.39, 0.29) is 18.0 Å². The van der Waals surface area contributed by atoms with E-state index in [0.717, 1.165) is 11.3 Å². The number of hydrogen-bond donors (Lipinski definition) is 1. The van der Waals surface area contributed by atoms with Crippen LogP contribution in [0.3, 0.4) is 0 Å². The smallest absolute Gasteiger partial charge is 0.409 e. The van der Waals surface area contributed by atoms with Crippen molar-refractivity contribution in [3.63, 3.8) is 0 Å². The number of rotatable bonds is 5. The van der Waals surface area contributed by atoms with Gasteiger partial charge in [0.2, 0.25) is 0 Å². The van der Waals surface area contributed by atoms with Gasteiger partial charge in [-0.1, -0.05) is 30.3 Å². The van der Waals surface area contributed by atoms with Gasteiger partial charge in [0.05, 0.1) is 25.5 Å². The number of aromatic nitrogens is 2. The molecule has 0 bridgehead atoms. The van der Waals surface area contributed by atoms with Crippen LogP contribution in [0, 0.1) is 0 Å². The van der Waals surface area contributed by atoms with E-state index in [0.29, 0.717) is 42.9 Å². The van der Waals surface area contributed by atoms with Crippen molar-refractivity contribution in [1.29, 1.82) is 0 Å². The van der Waals surface area contributed by atoms with Gasteiger partial charge in [-0.2, -0.15) is 5.10 Å². The Morgan fingerprint density at radius 1 is 1.03 bits per heavy atom. The van der Waals surface area contributed by atoms with Gasteiger partial charge in [0.15, 0.2) is 0 Å². The summed E-state index contributed by atoms with van der Waals surface area (Å²) in [5.74, 6) is 0.500. The van der Waals surface area contributed by atoms with Crippen LogP contribution >= 0.6 is 0 Å². The topological polar surface area (TPSA) is 85.7 Å². The number of hydrogen-bond acceptors (Lipinski definition) is 5. The SMILES string of the molecule is COC(=O)N1CCC(NC(=O)c2cn(-c3ccccc3)nc2-c2cccc(OC)c2)CC1. The maximum atomic E-state index is 13.3. The summed E-state index contributed by atoms with van der Waals surface area (Å²) < 4.78 is 11.8. The zero-order valence-electron chi connectivity index (χ0n) is 18.2. The van der Waals surface area contributed by atoms with E-state index in [4.69, 9.17) is 14.6 Å². The van der Waals surface area contributed by atoms with Crippen LogP contribution in [0.4, 0.5) is 4.79 Å². The van der Waals surface area contributed by atoms with E-state index >= 15 is 0 Å². The van der Waals surface area contributed by atoms with Crippen LogP contribution in [0.15, 0.2) is 60.8 Å². The Kier molecular flexibility index (Phi) is 6.39. The summed E-state index contributed by atoms with van der Waals surface area (Å²) in [4.78, 5) is 26.6. The summed E-state index contributed by atoms with van der Waals surface area (Å²) in [5.41, 5.74) is 2.72. The van der Waals surface area contributed by atoms with E-state index in [2.05, 4.69) is 5.32 Å². The molecular weight excluding hydrogens is 408 g/mol. The van der Waals surface area contributed by atoms with Gasteiger partial charge in [0.25, 0.3) is 5.91 Å². The van der Waals surface area contributed by atoms with E-state index < -0.39 is 0 Å². The molecule has 1 saturated heterocycles. The third-order valence-corrected chi connectivity index (χ3v) is 5.59. The first-order valence-corrected chi connectivity index (χ1v) is 10.5. The molecule has 1 fully saturated rings. The van der Waals surface area contributed by atoms with Gasteiger partial charge in [0, 0.05) is 30.9 Å². The van der Waals surface area contributed by atoms with E-state index in [1.165, 1.54) is 7.11 Å². The maximum absolute atomic E-state index is 13.3. The summed E-state index contributed by atoms with van der Waals surface area (Å²) in [6.45, 7) is 1.09. The Morgan fingerprint density at radius 2 is 1.78 bits per heavy atom. The van der Waals surface area contributed by atoms with Crippen molar-refractivity contribution in [3.05, 3.63) is 66.4 Å². The number of likely N-dealkylation sites (tertiary alicyclic amines) is 1. The zero-order chi connectivity index (χ0) is 22.5. The maximum Gasteiger partial charge on any atom is 0.409 e. The first-order chi connectivity index (χ1) is 15.6. The minimum atomic E-state index is -0.334. The summed E-state index contributed by atoms with van der Waals surface area (Å²) in [6.07, 6.45) is 2.76.